The quantitative estimate of drug-likeness (QED) is 0.755. The lowest BCUT2D eigenvalue weighted by molar-refractivity contribution is 0.342. The summed E-state index contributed by atoms with van der Waals surface area (Å²) in [5, 5.41) is 1.25. The maximum Gasteiger partial charge on any atom is 0.301 e. The Morgan fingerprint density at radius 2 is 2.18 bits per heavy atom. The first-order chi connectivity index (χ1) is 10.7. The average molecular weight is 385 g/mol. The van der Waals surface area contributed by atoms with Gasteiger partial charge in [-0.2, -0.15) is 16.7 Å². The second kappa shape index (κ2) is 6.91. The number of hydrogen-bond acceptors (Lipinski definition) is 6. The Bertz CT molecular complexity index is 729. The highest BCUT2D eigenvalue weighted by Crippen LogP contribution is 2.28. The van der Waals surface area contributed by atoms with Gasteiger partial charge in [-0.05, 0) is 19.1 Å². The summed E-state index contributed by atoms with van der Waals surface area (Å²) in [6.07, 6.45) is 0. The van der Waals surface area contributed by atoms with Crippen LogP contribution in [-0.4, -0.2) is 41.5 Å². The molecule has 1 saturated heterocycles. The van der Waals surface area contributed by atoms with E-state index < -0.39 is 0 Å². The van der Waals surface area contributed by atoms with Gasteiger partial charge in [0.15, 0.2) is 5.58 Å². The van der Waals surface area contributed by atoms with E-state index in [9.17, 15) is 4.79 Å². The van der Waals surface area contributed by atoms with Gasteiger partial charge in [-0.3, -0.25) is 4.79 Å². The minimum absolute atomic E-state index is 0.246. The lowest BCUT2D eigenvalue weighted by atomic mass is 10.1. The topological polar surface area (TPSA) is 55.6 Å². The summed E-state index contributed by atoms with van der Waals surface area (Å²) in [7, 11) is 0. The van der Waals surface area contributed by atoms with Crippen LogP contribution in [0.1, 0.15) is 5.56 Å². The lowest BCUT2D eigenvalue weighted by Gasteiger charge is -2.25. The number of alkyl halides is 1. The van der Waals surface area contributed by atoms with Crippen molar-refractivity contribution in [1.82, 2.24) is 4.98 Å². The molecule has 1 aromatic heterocycles. The molecule has 0 spiro atoms. The third-order valence-corrected chi connectivity index (χ3v) is 4.86. The van der Waals surface area contributed by atoms with Gasteiger partial charge in [0.25, 0.3) is 5.56 Å². The van der Waals surface area contributed by atoms with E-state index in [0.29, 0.717) is 23.6 Å². The zero-order valence-electron chi connectivity index (χ0n) is 12.3. The van der Waals surface area contributed by atoms with E-state index in [0.717, 1.165) is 41.2 Å². The molecule has 2 aromatic rings. The fraction of sp³-hybridized carbons (Fsp3) is 0.467. The summed E-state index contributed by atoms with van der Waals surface area (Å²) < 4.78 is 11.6. The molecule has 0 aliphatic carbocycles. The van der Waals surface area contributed by atoms with Crippen molar-refractivity contribution in [2.24, 2.45) is 0 Å². The standard InChI is InChI=1S/C15H17BrN2O3S/c1-10-12(20-7-4-16)3-2-11-13(10)21-15(17-14(11)19)18-5-8-22-9-6-18/h2-3H,4-9H2,1H3. The van der Waals surface area contributed by atoms with Crippen LogP contribution in [0.2, 0.25) is 0 Å². The van der Waals surface area contributed by atoms with Crippen molar-refractivity contribution in [2.75, 3.05) is 41.4 Å². The number of nitrogens with zero attached hydrogens (tertiary/aromatic N) is 2. The number of benzene rings is 1. The molecule has 0 bridgehead atoms. The number of anilines is 1. The molecule has 22 heavy (non-hydrogen) atoms. The van der Waals surface area contributed by atoms with Crippen LogP contribution in [-0.2, 0) is 0 Å². The minimum atomic E-state index is -0.246. The monoisotopic (exact) mass is 384 g/mol. The summed E-state index contributed by atoms with van der Waals surface area (Å²) >= 11 is 5.24. The van der Waals surface area contributed by atoms with Gasteiger partial charge in [0.1, 0.15) is 5.75 Å². The van der Waals surface area contributed by atoms with Gasteiger partial charge in [-0.1, -0.05) is 15.9 Å². The van der Waals surface area contributed by atoms with Gasteiger partial charge in [-0.25, -0.2) is 0 Å². The Kier molecular flexibility index (Phi) is 4.93. The third kappa shape index (κ3) is 3.10. The van der Waals surface area contributed by atoms with E-state index in [4.69, 9.17) is 9.15 Å². The smallest absolute Gasteiger partial charge is 0.301 e. The van der Waals surface area contributed by atoms with Gasteiger partial charge in [0.2, 0.25) is 0 Å². The van der Waals surface area contributed by atoms with Crippen molar-refractivity contribution in [1.29, 1.82) is 0 Å². The molecule has 1 aliphatic rings. The van der Waals surface area contributed by atoms with Crippen molar-refractivity contribution in [3.8, 4) is 5.75 Å². The number of rotatable bonds is 4. The van der Waals surface area contributed by atoms with Crippen LogP contribution in [0, 0.1) is 6.92 Å². The first-order valence-corrected chi connectivity index (χ1v) is 9.44. The number of fused-ring (bicyclic) bond motifs is 1. The molecule has 0 amide bonds. The van der Waals surface area contributed by atoms with Crippen molar-refractivity contribution in [2.45, 2.75) is 6.92 Å². The number of thioether (sulfide) groups is 1. The number of halogens is 1. The Hall–Kier alpha value is -1.21. The van der Waals surface area contributed by atoms with E-state index in [1.165, 1.54) is 0 Å². The molecule has 2 heterocycles. The molecule has 0 N–H and O–H groups in total. The van der Waals surface area contributed by atoms with E-state index in [2.05, 4.69) is 20.9 Å². The summed E-state index contributed by atoms with van der Waals surface area (Å²) in [5.74, 6) is 2.79. The molecular formula is C15H17BrN2O3S. The zero-order valence-corrected chi connectivity index (χ0v) is 14.7. The van der Waals surface area contributed by atoms with E-state index in [1.807, 2.05) is 23.6 Å². The van der Waals surface area contributed by atoms with Crippen molar-refractivity contribution >= 4 is 44.7 Å². The van der Waals surface area contributed by atoms with Crippen molar-refractivity contribution in [3.05, 3.63) is 28.0 Å². The molecule has 1 aliphatic heterocycles. The predicted molar refractivity (Wildman–Crippen MR) is 93.8 cm³/mol. The van der Waals surface area contributed by atoms with E-state index >= 15 is 0 Å². The highest BCUT2D eigenvalue weighted by atomic mass is 79.9. The molecule has 0 atom stereocenters. The van der Waals surface area contributed by atoms with Gasteiger partial charge < -0.3 is 14.1 Å². The normalized spacial score (nSPS) is 15.3. The Morgan fingerprint density at radius 3 is 2.91 bits per heavy atom. The molecule has 1 aromatic carbocycles. The van der Waals surface area contributed by atoms with Crippen LogP contribution < -0.4 is 15.2 Å². The van der Waals surface area contributed by atoms with E-state index in [1.54, 1.807) is 12.1 Å². The van der Waals surface area contributed by atoms with Crippen LogP contribution in [0.15, 0.2) is 21.3 Å². The fourth-order valence-electron chi connectivity index (χ4n) is 2.43. The number of aryl methyl sites for hydroxylation is 1. The Labute approximate surface area is 141 Å². The number of ether oxygens (including phenoxy) is 1. The minimum Gasteiger partial charge on any atom is -0.492 e. The molecule has 0 saturated carbocycles. The van der Waals surface area contributed by atoms with Crippen LogP contribution in [0.5, 0.6) is 5.75 Å². The van der Waals surface area contributed by atoms with Gasteiger partial charge in [-0.15, -0.1) is 0 Å². The lowest BCUT2D eigenvalue weighted by Crippen LogP contribution is -2.34. The maximum atomic E-state index is 12.3. The van der Waals surface area contributed by atoms with Crippen LogP contribution in [0.25, 0.3) is 11.0 Å². The van der Waals surface area contributed by atoms with E-state index in [-0.39, 0.29) is 5.56 Å². The molecule has 118 valence electrons. The SMILES string of the molecule is Cc1c(OCCBr)ccc2c(=O)nc(N3CCSCC3)oc12. The molecule has 0 radical (unpaired) electrons. The highest BCUT2D eigenvalue weighted by Gasteiger charge is 2.18. The Balaban J connectivity index is 2.05. The third-order valence-electron chi connectivity index (χ3n) is 3.59. The molecular weight excluding hydrogens is 368 g/mol. The maximum absolute atomic E-state index is 12.3. The molecule has 5 nitrogen and oxygen atoms in total. The number of aromatic nitrogens is 1. The van der Waals surface area contributed by atoms with Crippen LogP contribution in [0.3, 0.4) is 0 Å². The Morgan fingerprint density at radius 1 is 1.41 bits per heavy atom. The van der Waals surface area contributed by atoms with Gasteiger partial charge in [0, 0.05) is 35.5 Å². The van der Waals surface area contributed by atoms with Crippen LogP contribution in [0.4, 0.5) is 6.01 Å². The number of hydrogen-bond donors (Lipinski definition) is 0. The largest absolute Gasteiger partial charge is 0.492 e. The second-order valence-corrected chi connectivity index (χ2v) is 7.02. The molecule has 1 fully saturated rings. The second-order valence-electron chi connectivity index (χ2n) is 5.00. The molecule has 7 heteroatoms. The van der Waals surface area contributed by atoms with Crippen molar-refractivity contribution in [3.63, 3.8) is 0 Å². The zero-order chi connectivity index (χ0) is 15.5. The summed E-state index contributed by atoms with van der Waals surface area (Å²) in [4.78, 5) is 18.4. The molecule has 0 unspecified atom stereocenters. The fourth-order valence-corrected chi connectivity index (χ4v) is 3.49. The summed E-state index contributed by atoms with van der Waals surface area (Å²) in [6, 6.07) is 3.94. The van der Waals surface area contributed by atoms with Crippen LogP contribution >= 0.6 is 27.7 Å². The van der Waals surface area contributed by atoms with Crippen molar-refractivity contribution < 1.29 is 9.15 Å². The highest BCUT2D eigenvalue weighted by molar-refractivity contribution is 9.09. The van der Waals surface area contributed by atoms with Gasteiger partial charge in [0.05, 0.1) is 12.0 Å². The first kappa shape index (κ1) is 15.7. The average Bonchev–Trinajstić information content (AvgIpc) is 2.55. The summed E-state index contributed by atoms with van der Waals surface area (Å²) in [5.41, 5.74) is 1.16. The first-order valence-electron chi connectivity index (χ1n) is 7.16. The van der Waals surface area contributed by atoms with Gasteiger partial charge >= 0.3 is 6.01 Å². The molecule has 3 rings (SSSR count). The summed E-state index contributed by atoms with van der Waals surface area (Å²) in [6.45, 7) is 4.18. The predicted octanol–water partition coefficient (Wildman–Crippen LogP) is 2.82.